The van der Waals surface area contributed by atoms with E-state index in [1.54, 1.807) is 7.11 Å². The van der Waals surface area contributed by atoms with E-state index in [0.717, 1.165) is 11.3 Å². The molecule has 0 bridgehead atoms. The summed E-state index contributed by atoms with van der Waals surface area (Å²) in [6, 6.07) is 7.51. The topological polar surface area (TPSA) is 49.4 Å². The van der Waals surface area contributed by atoms with Crippen LogP contribution in [0.4, 0.5) is 0 Å². The Morgan fingerprint density at radius 2 is 1.88 bits per heavy atom. The van der Waals surface area contributed by atoms with Crippen molar-refractivity contribution < 1.29 is 14.6 Å². The summed E-state index contributed by atoms with van der Waals surface area (Å²) >= 11 is 0. The quantitative estimate of drug-likeness (QED) is 0.758. The van der Waals surface area contributed by atoms with E-state index < -0.39 is 5.97 Å². The molecule has 1 atom stereocenters. The highest BCUT2D eigenvalue weighted by Crippen LogP contribution is 2.28. The molecule has 1 aromatic carbocycles. The van der Waals surface area contributed by atoms with Crippen LogP contribution in [0.2, 0.25) is 0 Å². The number of rotatable bonds is 5. The number of carboxylic acid groups (broad SMARTS) is 1. The predicted molar refractivity (Wildman–Crippen MR) is 60.2 cm³/mol. The standard InChI is InChI=1S/C13H18O3/c1-9(2)12(8-13(14)15)10-4-6-11(16-3)7-5-10/h4-7,9,12H,8H2,1-3H3,(H,14,15)/p-1/t12-/m1/s1. The lowest BCUT2D eigenvalue weighted by Gasteiger charge is -2.22. The normalized spacial score (nSPS) is 12.5. The summed E-state index contributed by atoms with van der Waals surface area (Å²) < 4.78 is 5.06. The van der Waals surface area contributed by atoms with Crippen molar-refractivity contribution in [3.8, 4) is 5.75 Å². The Labute approximate surface area is 96.1 Å². The Kier molecular flexibility index (Phi) is 4.35. The highest BCUT2D eigenvalue weighted by molar-refractivity contribution is 5.65. The number of hydrogen-bond acceptors (Lipinski definition) is 3. The fraction of sp³-hybridized carbons (Fsp3) is 0.462. The van der Waals surface area contributed by atoms with Crippen LogP contribution in [-0.4, -0.2) is 13.1 Å². The van der Waals surface area contributed by atoms with Gasteiger partial charge in [-0.2, -0.15) is 0 Å². The first-order chi connectivity index (χ1) is 7.54. The minimum atomic E-state index is -1.01. The van der Waals surface area contributed by atoms with E-state index in [-0.39, 0.29) is 18.3 Å². The van der Waals surface area contributed by atoms with Gasteiger partial charge in [0.25, 0.3) is 0 Å². The zero-order chi connectivity index (χ0) is 12.1. The van der Waals surface area contributed by atoms with E-state index in [1.165, 1.54) is 0 Å². The molecule has 0 aliphatic heterocycles. The minimum Gasteiger partial charge on any atom is -0.550 e. The van der Waals surface area contributed by atoms with Crippen LogP contribution in [-0.2, 0) is 4.79 Å². The zero-order valence-corrected chi connectivity index (χ0v) is 9.90. The highest BCUT2D eigenvalue weighted by Gasteiger charge is 2.15. The van der Waals surface area contributed by atoms with Crippen molar-refractivity contribution in [1.29, 1.82) is 0 Å². The molecule has 16 heavy (non-hydrogen) atoms. The molecule has 0 aliphatic rings. The van der Waals surface area contributed by atoms with Gasteiger partial charge < -0.3 is 14.6 Å². The van der Waals surface area contributed by atoms with Crippen LogP contribution < -0.4 is 9.84 Å². The van der Waals surface area contributed by atoms with E-state index in [0.29, 0.717) is 0 Å². The number of benzene rings is 1. The van der Waals surface area contributed by atoms with Gasteiger partial charge in [0.1, 0.15) is 5.75 Å². The maximum Gasteiger partial charge on any atom is 0.118 e. The summed E-state index contributed by atoms with van der Waals surface area (Å²) in [5.74, 6) is 0.0384. The Morgan fingerprint density at radius 1 is 1.31 bits per heavy atom. The first-order valence-corrected chi connectivity index (χ1v) is 5.38. The number of aliphatic carboxylic acids is 1. The molecule has 0 spiro atoms. The van der Waals surface area contributed by atoms with Crippen molar-refractivity contribution in [3.05, 3.63) is 29.8 Å². The van der Waals surface area contributed by atoms with Gasteiger partial charge in [-0.1, -0.05) is 26.0 Å². The summed E-state index contributed by atoms with van der Waals surface area (Å²) in [4.78, 5) is 10.7. The third-order valence-electron chi connectivity index (χ3n) is 2.74. The SMILES string of the molecule is COc1ccc([C@H](CC(=O)[O-])C(C)C)cc1. The molecule has 0 aliphatic carbocycles. The molecule has 3 nitrogen and oxygen atoms in total. The van der Waals surface area contributed by atoms with Crippen molar-refractivity contribution >= 4 is 5.97 Å². The molecule has 0 saturated heterocycles. The third-order valence-corrected chi connectivity index (χ3v) is 2.74. The van der Waals surface area contributed by atoms with Gasteiger partial charge in [0, 0.05) is 5.97 Å². The summed E-state index contributed by atoms with van der Waals surface area (Å²) in [6.45, 7) is 4.02. The average Bonchev–Trinajstić information content (AvgIpc) is 2.25. The van der Waals surface area contributed by atoms with Gasteiger partial charge in [-0.3, -0.25) is 0 Å². The molecule has 0 fully saturated rings. The molecule has 0 amide bonds. The summed E-state index contributed by atoms with van der Waals surface area (Å²) in [5, 5.41) is 10.7. The van der Waals surface area contributed by atoms with Gasteiger partial charge in [0.05, 0.1) is 7.11 Å². The highest BCUT2D eigenvalue weighted by atomic mass is 16.5. The smallest absolute Gasteiger partial charge is 0.118 e. The first kappa shape index (κ1) is 12.6. The van der Waals surface area contributed by atoms with E-state index in [2.05, 4.69) is 0 Å². The fourth-order valence-corrected chi connectivity index (χ4v) is 1.77. The van der Waals surface area contributed by atoms with Crippen LogP contribution in [0.15, 0.2) is 24.3 Å². The molecular formula is C13H17O3-. The maximum absolute atomic E-state index is 10.7. The van der Waals surface area contributed by atoms with Gasteiger partial charge in [0.2, 0.25) is 0 Å². The Morgan fingerprint density at radius 3 is 2.25 bits per heavy atom. The lowest BCUT2D eigenvalue weighted by molar-refractivity contribution is -0.306. The Balaban J connectivity index is 2.88. The summed E-state index contributed by atoms with van der Waals surface area (Å²) in [7, 11) is 1.61. The Bertz CT molecular complexity index is 341. The molecule has 0 N–H and O–H groups in total. The van der Waals surface area contributed by atoms with E-state index in [4.69, 9.17) is 4.74 Å². The maximum atomic E-state index is 10.7. The molecule has 0 radical (unpaired) electrons. The fourth-order valence-electron chi connectivity index (χ4n) is 1.77. The molecule has 0 saturated carbocycles. The van der Waals surface area contributed by atoms with Gasteiger partial charge in [0.15, 0.2) is 0 Å². The molecule has 0 unspecified atom stereocenters. The second kappa shape index (κ2) is 5.54. The van der Waals surface area contributed by atoms with Crippen LogP contribution >= 0.6 is 0 Å². The van der Waals surface area contributed by atoms with E-state index >= 15 is 0 Å². The summed E-state index contributed by atoms with van der Waals surface area (Å²) in [5.41, 5.74) is 1.01. The van der Waals surface area contributed by atoms with Gasteiger partial charge in [-0.25, -0.2) is 0 Å². The first-order valence-electron chi connectivity index (χ1n) is 5.38. The number of carbonyl (C=O) groups excluding carboxylic acids is 1. The van der Waals surface area contributed by atoms with Crippen LogP contribution in [0, 0.1) is 5.92 Å². The molecular weight excluding hydrogens is 204 g/mol. The molecule has 3 heteroatoms. The van der Waals surface area contributed by atoms with Crippen molar-refractivity contribution in [2.24, 2.45) is 5.92 Å². The number of carboxylic acids is 1. The lowest BCUT2D eigenvalue weighted by Crippen LogP contribution is -2.26. The number of methoxy groups -OCH3 is 1. The van der Waals surface area contributed by atoms with Gasteiger partial charge in [-0.15, -0.1) is 0 Å². The minimum absolute atomic E-state index is 0.00379. The van der Waals surface area contributed by atoms with Crippen LogP contribution in [0.5, 0.6) is 5.75 Å². The van der Waals surface area contributed by atoms with Crippen molar-refractivity contribution in [2.75, 3.05) is 7.11 Å². The van der Waals surface area contributed by atoms with Crippen molar-refractivity contribution in [3.63, 3.8) is 0 Å². The number of hydrogen-bond donors (Lipinski definition) is 0. The largest absolute Gasteiger partial charge is 0.550 e. The average molecular weight is 221 g/mol. The predicted octanol–water partition coefficient (Wildman–Crippen LogP) is 1.57. The van der Waals surface area contributed by atoms with Crippen LogP contribution in [0.25, 0.3) is 0 Å². The molecule has 1 rings (SSSR count). The van der Waals surface area contributed by atoms with E-state index in [1.807, 2.05) is 38.1 Å². The number of carbonyl (C=O) groups is 1. The van der Waals surface area contributed by atoms with Crippen molar-refractivity contribution in [1.82, 2.24) is 0 Å². The number of ether oxygens (including phenoxy) is 1. The summed E-state index contributed by atoms with van der Waals surface area (Å²) in [6.07, 6.45) is 0.0595. The molecule has 1 aromatic rings. The monoisotopic (exact) mass is 221 g/mol. The second-order valence-corrected chi connectivity index (χ2v) is 4.20. The molecule has 0 heterocycles. The lowest BCUT2D eigenvalue weighted by atomic mass is 9.86. The third kappa shape index (κ3) is 3.26. The van der Waals surface area contributed by atoms with Crippen molar-refractivity contribution in [2.45, 2.75) is 26.2 Å². The van der Waals surface area contributed by atoms with Crippen LogP contribution in [0.3, 0.4) is 0 Å². The molecule has 0 aromatic heterocycles. The second-order valence-electron chi connectivity index (χ2n) is 4.20. The Hall–Kier alpha value is -1.51. The van der Waals surface area contributed by atoms with Crippen LogP contribution in [0.1, 0.15) is 31.7 Å². The van der Waals surface area contributed by atoms with Gasteiger partial charge in [-0.05, 0) is 36.0 Å². The van der Waals surface area contributed by atoms with Gasteiger partial charge >= 0.3 is 0 Å². The zero-order valence-electron chi connectivity index (χ0n) is 9.90. The van der Waals surface area contributed by atoms with E-state index in [9.17, 15) is 9.90 Å². The molecule has 88 valence electrons.